The summed E-state index contributed by atoms with van der Waals surface area (Å²) in [5.41, 5.74) is 3.09. The van der Waals surface area contributed by atoms with E-state index in [1.807, 2.05) is 38.4 Å². The Hall–Kier alpha value is -2.03. The van der Waals surface area contributed by atoms with Gasteiger partial charge in [-0.1, -0.05) is 12.1 Å². The molecule has 0 amide bonds. The molecule has 0 aromatic heterocycles. The van der Waals surface area contributed by atoms with Crippen LogP contribution in [0, 0.1) is 0 Å². The van der Waals surface area contributed by atoms with Crippen molar-refractivity contribution in [3.63, 3.8) is 0 Å². The van der Waals surface area contributed by atoms with Gasteiger partial charge in [0, 0.05) is 49.5 Å². The second kappa shape index (κ2) is 5.95. The molecular formula is C17H22N2O. The van der Waals surface area contributed by atoms with Crippen LogP contribution < -0.4 is 9.80 Å². The van der Waals surface area contributed by atoms with E-state index in [2.05, 4.69) is 29.7 Å². The summed E-state index contributed by atoms with van der Waals surface area (Å²) in [7, 11) is 4.07. The fourth-order valence-electron chi connectivity index (χ4n) is 2.69. The zero-order chi connectivity index (χ0) is 14.7. The third-order valence-electron chi connectivity index (χ3n) is 3.74. The van der Waals surface area contributed by atoms with Crippen LogP contribution in [0.2, 0.25) is 0 Å². The maximum absolute atomic E-state index is 11.3. The number of nitrogens with zero attached hydrogens (tertiary/aromatic N) is 2. The Bertz CT molecular complexity index is 616. The quantitative estimate of drug-likeness (QED) is 0.776. The lowest BCUT2D eigenvalue weighted by molar-refractivity contribution is 0.112. The van der Waals surface area contributed by atoms with Crippen LogP contribution in [0.3, 0.4) is 0 Å². The largest absolute Gasteiger partial charge is 0.377 e. The molecule has 20 heavy (non-hydrogen) atoms. The fourth-order valence-corrected chi connectivity index (χ4v) is 2.69. The van der Waals surface area contributed by atoms with Crippen LogP contribution in [0.4, 0.5) is 11.4 Å². The molecular weight excluding hydrogens is 248 g/mol. The molecule has 0 N–H and O–H groups in total. The van der Waals surface area contributed by atoms with E-state index in [9.17, 15) is 4.79 Å². The molecule has 3 nitrogen and oxygen atoms in total. The minimum atomic E-state index is 0.750. The van der Waals surface area contributed by atoms with Gasteiger partial charge in [-0.2, -0.15) is 0 Å². The van der Waals surface area contributed by atoms with E-state index in [1.165, 1.54) is 5.69 Å². The van der Waals surface area contributed by atoms with Gasteiger partial charge in [-0.25, -0.2) is 0 Å². The highest BCUT2D eigenvalue weighted by atomic mass is 16.1. The monoisotopic (exact) mass is 270 g/mol. The summed E-state index contributed by atoms with van der Waals surface area (Å²) in [4.78, 5) is 15.7. The van der Waals surface area contributed by atoms with Gasteiger partial charge >= 0.3 is 0 Å². The highest BCUT2D eigenvalue weighted by Crippen LogP contribution is 2.35. The fraction of sp³-hybridized carbons (Fsp3) is 0.353. The van der Waals surface area contributed by atoms with Crippen LogP contribution in [0.15, 0.2) is 30.3 Å². The summed E-state index contributed by atoms with van der Waals surface area (Å²) in [6.45, 7) is 6.21. The Kier molecular flexibility index (Phi) is 4.28. The molecule has 2 rings (SSSR count). The van der Waals surface area contributed by atoms with Crippen molar-refractivity contribution < 1.29 is 4.79 Å². The Labute approximate surface area is 120 Å². The maximum Gasteiger partial charge on any atom is 0.150 e. The SMILES string of the molecule is CCN(CC)c1cccc2c(C=O)ccc(N(C)C)c12. The van der Waals surface area contributed by atoms with E-state index in [4.69, 9.17) is 0 Å². The van der Waals surface area contributed by atoms with E-state index >= 15 is 0 Å². The Morgan fingerprint density at radius 3 is 2.25 bits per heavy atom. The van der Waals surface area contributed by atoms with E-state index in [1.54, 1.807) is 0 Å². The number of hydrogen-bond acceptors (Lipinski definition) is 3. The number of rotatable bonds is 5. The Balaban J connectivity index is 2.85. The first-order valence-corrected chi connectivity index (χ1v) is 7.07. The molecule has 0 radical (unpaired) electrons. The van der Waals surface area contributed by atoms with Crippen molar-refractivity contribution in [2.75, 3.05) is 37.0 Å². The average Bonchev–Trinajstić information content (AvgIpc) is 2.47. The molecule has 0 unspecified atom stereocenters. The summed E-state index contributed by atoms with van der Waals surface area (Å²) in [6.07, 6.45) is 0.938. The molecule has 2 aromatic carbocycles. The number of anilines is 2. The summed E-state index contributed by atoms with van der Waals surface area (Å²) in [5.74, 6) is 0. The number of carbonyl (C=O) groups excluding carboxylic acids is 1. The van der Waals surface area contributed by atoms with Gasteiger partial charge in [0.2, 0.25) is 0 Å². The van der Waals surface area contributed by atoms with Gasteiger partial charge in [-0.3, -0.25) is 4.79 Å². The van der Waals surface area contributed by atoms with Crippen molar-refractivity contribution >= 4 is 28.4 Å². The molecule has 0 saturated carbocycles. The minimum Gasteiger partial charge on any atom is -0.377 e. The van der Waals surface area contributed by atoms with Crippen LogP contribution in [-0.4, -0.2) is 33.5 Å². The van der Waals surface area contributed by atoms with Gasteiger partial charge in [0.15, 0.2) is 6.29 Å². The van der Waals surface area contributed by atoms with Gasteiger partial charge < -0.3 is 9.80 Å². The van der Waals surface area contributed by atoms with Gasteiger partial charge in [0.05, 0.1) is 0 Å². The van der Waals surface area contributed by atoms with Crippen LogP contribution in [0.5, 0.6) is 0 Å². The molecule has 0 fully saturated rings. The predicted molar refractivity (Wildman–Crippen MR) is 87.2 cm³/mol. The van der Waals surface area contributed by atoms with Crippen molar-refractivity contribution in [1.82, 2.24) is 0 Å². The summed E-state index contributed by atoms with van der Waals surface area (Å²) >= 11 is 0. The Morgan fingerprint density at radius 2 is 1.70 bits per heavy atom. The van der Waals surface area contributed by atoms with E-state index in [0.29, 0.717) is 0 Å². The van der Waals surface area contributed by atoms with E-state index in [-0.39, 0.29) is 0 Å². The van der Waals surface area contributed by atoms with E-state index in [0.717, 1.165) is 41.4 Å². The number of fused-ring (bicyclic) bond motifs is 1. The summed E-state index contributed by atoms with van der Waals surface area (Å²) in [6, 6.07) is 10.1. The molecule has 0 aliphatic carbocycles. The lowest BCUT2D eigenvalue weighted by Gasteiger charge is -2.26. The van der Waals surface area contributed by atoms with Gasteiger partial charge in [0.25, 0.3) is 0 Å². The van der Waals surface area contributed by atoms with Crippen LogP contribution in [0.1, 0.15) is 24.2 Å². The lowest BCUT2D eigenvalue weighted by Crippen LogP contribution is -2.22. The standard InChI is InChI=1S/C17H22N2O/c1-5-19(6-2)16-9-7-8-14-13(12-20)10-11-15(17(14)16)18(3)4/h7-12H,5-6H2,1-4H3. The number of benzene rings is 2. The molecule has 2 aromatic rings. The van der Waals surface area contributed by atoms with E-state index < -0.39 is 0 Å². The normalized spacial score (nSPS) is 10.6. The van der Waals surface area contributed by atoms with Gasteiger partial charge in [-0.15, -0.1) is 0 Å². The second-order valence-electron chi connectivity index (χ2n) is 5.06. The molecule has 0 aliphatic heterocycles. The van der Waals surface area contributed by atoms with Gasteiger partial charge in [0.1, 0.15) is 0 Å². The van der Waals surface area contributed by atoms with Crippen LogP contribution >= 0.6 is 0 Å². The summed E-state index contributed by atoms with van der Waals surface area (Å²) < 4.78 is 0. The number of aldehydes is 1. The molecule has 0 atom stereocenters. The molecule has 106 valence electrons. The van der Waals surface area contributed by atoms with Crippen LogP contribution in [-0.2, 0) is 0 Å². The molecule has 0 saturated heterocycles. The molecule has 0 spiro atoms. The maximum atomic E-state index is 11.3. The first-order chi connectivity index (χ1) is 9.63. The van der Waals surface area contributed by atoms with Crippen molar-refractivity contribution in [3.05, 3.63) is 35.9 Å². The van der Waals surface area contributed by atoms with Crippen LogP contribution in [0.25, 0.3) is 10.8 Å². The highest BCUT2D eigenvalue weighted by molar-refractivity contribution is 6.10. The zero-order valence-corrected chi connectivity index (χ0v) is 12.7. The van der Waals surface area contributed by atoms with Crippen molar-refractivity contribution in [3.8, 4) is 0 Å². The number of carbonyl (C=O) groups is 1. The molecule has 3 heteroatoms. The van der Waals surface area contributed by atoms with Crippen molar-refractivity contribution in [2.24, 2.45) is 0 Å². The van der Waals surface area contributed by atoms with Gasteiger partial charge in [-0.05, 0) is 37.4 Å². The zero-order valence-electron chi connectivity index (χ0n) is 12.7. The first kappa shape index (κ1) is 14.4. The predicted octanol–water partition coefficient (Wildman–Crippen LogP) is 3.56. The second-order valence-corrected chi connectivity index (χ2v) is 5.06. The molecule has 0 aliphatic rings. The third kappa shape index (κ3) is 2.36. The highest BCUT2D eigenvalue weighted by Gasteiger charge is 2.14. The minimum absolute atomic E-state index is 0.750. The third-order valence-corrected chi connectivity index (χ3v) is 3.74. The summed E-state index contributed by atoms with van der Waals surface area (Å²) in [5, 5.41) is 2.18. The Morgan fingerprint density at radius 1 is 1.00 bits per heavy atom. The number of hydrogen-bond donors (Lipinski definition) is 0. The average molecular weight is 270 g/mol. The lowest BCUT2D eigenvalue weighted by atomic mass is 10.0. The molecule has 0 bridgehead atoms. The van der Waals surface area contributed by atoms with Crippen molar-refractivity contribution in [2.45, 2.75) is 13.8 Å². The first-order valence-electron chi connectivity index (χ1n) is 7.07. The molecule has 0 heterocycles. The smallest absolute Gasteiger partial charge is 0.150 e. The topological polar surface area (TPSA) is 23.6 Å². The van der Waals surface area contributed by atoms with Crippen molar-refractivity contribution in [1.29, 1.82) is 0 Å².